The predicted molar refractivity (Wildman–Crippen MR) is 70.7 cm³/mol. The van der Waals surface area contributed by atoms with Crippen molar-refractivity contribution < 1.29 is 5.11 Å². The Hall–Kier alpha value is -1.68. The van der Waals surface area contributed by atoms with Crippen molar-refractivity contribution in [2.45, 2.75) is 39.7 Å². The van der Waals surface area contributed by atoms with Crippen LogP contribution in [-0.4, -0.2) is 19.9 Å². The maximum Gasteiger partial charge on any atom is 0.153 e. The van der Waals surface area contributed by atoms with Crippen molar-refractivity contribution in [2.75, 3.05) is 0 Å². The lowest BCUT2D eigenvalue weighted by atomic mass is 10.2. The molecule has 0 radical (unpaired) electrons. The van der Waals surface area contributed by atoms with Gasteiger partial charge in [0.05, 0.1) is 11.8 Å². The molecule has 0 amide bonds. The van der Waals surface area contributed by atoms with E-state index in [4.69, 9.17) is 0 Å². The molecule has 96 valence electrons. The van der Waals surface area contributed by atoms with Crippen LogP contribution in [0.5, 0.6) is 0 Å². The van der Waals surface area contributed by atoms with Crippen LogP contribution >= 0.6 is 0 Å². The monoisotopic (exact) mass is 245 g/mol. The van der Waals surface area contributed by atoms with Gasteiger partial charge >= 0.3 is 0 Å². The highest BCUT2D eigenvalue weighted by molar-refractivity contribution is 5.29. The van der Waals surface area contributed by atoms with Gasteiger partial charge in [-0.2, -0.15) is 5.10 Å². The molecule has 2 aromatic rings. The minimum atomic E-state index is -0.485. The molecule has 2 heterocycles. The SMILES string of the molecule is CCc1cc(CC)n(-c2ccc(C(C)O)cn2)n1. The van der Waals surface area contributed by atoms with Crippen LogP contribution in [0.3, 0.4) is 0 Å². The van der Waals surface area contributed by atoms with E-state index >= 15 is 0 Å². The van der Waals surface area contributed by atoms with Gasteiger partial charge in [0, 0.05) is 11.9 Å². The first-order valence-corrected chi connectivity index (χ1v) is 6.37. The fourth-order valence-electron chi connectivity index (χ4n) is 1.87. The zero-order valence-corrected chi connectivity index (χ0v) is 11.1. The molecule has 0 saturated heterocycles. The van der Waals surface area contributed by atoms with Crippen molar-refractivity contribution in [1.29, 1.82) is 0 Å². The van der Waals surface area contributed by atoms with Crippen molar-refractivity contribution in [1.82, 2.24) is 14.8 Å². The van der Waals surface area contributed by atoms with Crippen LogP contribution < -0.4 is 0 Å². The average Bonchev–Trinajstić information content (AvgIpc) is 2.82. The number of aliphatic hydroxyl groups excluding tert-OH is 1. The summed E-state index contributed by atoms with van der Waals surface area (Å²) in [5.74, 6) is 0.802. The van der Waals surface area contributed by atoms with E-state index in [0.29, 0.717) is 0 Å². The molecule has 0 aromatic carbocycles. The molecule has 0 aliphatic carbocycles. The van der Waals surface area contributed by atoms with Crippen molar-refractivity contribution >= 4 is 0 Å². The van der Waals surface area contributed by atoms with Crippen LogP contribution in [0.15, 0.2) is 24.4 Å². The standard InChI is InChI=1S/C14H19N3O/c1-4-12-8-13(5-2)17(16-12)14-7-6-11(9-15-14)10(3)18/h6-10,18H,4-5H2,1-3H3. The van der Waals surface area contributed by atoms with E-state index in [1.807, 2.05) is 16.8 Å². The molecule has 1 N–H and O–H groups in total. The fraction of sp³-hybridized carbons (Fsp3) is 0.429. The molecule has 0 saturated carbocycles. The number of aromatic nitrogens is 3. The summed E-state index contributed by atoms with van der Waals surface area (Å²) in [4.78, 5) is 4.37. The minimum Gasteiger partial charge on any atom is -0.389 e. The Morgan fingerprint density at radius 3 is 2.56 bits per heavy atom. The van der Waals surface area contributed by atoms with Crippen molar-refractivity contribution in [3.8, 4) is 5.82 Å². The summed E-state index contributed by atoms with van der Waals surface area (Å²) >= 11 is 0. The van der Waals surface area contributed by atoms with Gasteiger partial charge < -0.3 is 5.11 Å². The molecule has 0 aliphatic rings. The first-order valence-electron chi connectivity index (χ1n) is 6.37. The first kappa shape index (κ1) is 12.8. The maximum atomic E-state index is 9.47. The molecule has 0 spiro atoms. The van der Waals surface area contributed by atoms with Gasteiger partial charge in [-0.3, -0.25) is 0 Å². The number of pyridine rings is 1. The van der Waals surface area contributed by atoms with Gasteiger partial charge in [0.25, 0.3) is 0 Å². The Morgan fingerprint density at radius 1 is 1.28 bits per heavy atom. The van der Waals surface area contributed by atoms with Gasteiger partial charge in [-0.05, 0) is 37.5 Å². The summed E-state index contributed by atoms with van der Waals surface area (Å²) in [7, 11) is 0. The zero-order chi connectivity index (χ0) is 13.1. The molecule has 1 atom stereocenters. The number of aliphatic hydroxyl groups is 1. The molecule has 2 rings (SSSR count). The Labute approximate surface area is 107 Å². The van der Waals surface area contributed by atoms with E-state index in [1.54, 1.807) is 13.1 Å². The second kappa shape index (κ2) is 5.31. The van der Waals surface area contributed by atoms with E-state index < -0.39 is 6.10 Å². The van der Waals surface area contributed by atoms with Crippen LogP contribution in [0, 0.1) is 0 Å². The molecule has 4 heteroatoms. The van der Waals surface area contributed by atoms with Crippen LogP contribution in [0.25, 0.3) is 5.82 Å². The van der Waals surface area contributed by atoms with E-state index in [-0.39, 0.29) is 0 Å². The smallest absolute Gasteiger partial charge is 0.153 e. The van der Waals surface area contributed by atoms with Gasteiger partial charge in [0.1, 0.15) is 0 Å². The first-order chi connectivity index (χ1) is 8.65. The third-order valence-corrected chi connectivity index (χ3v) is 3.03. The summed E-state index contributed by atoms with van der Waals surface area (Å²) in [5.41, 5.74) is 3.05. The third-order valence-electron chi connectivity index (χ3n) is 3.03. The molecule has 18 heavy (non-hydrogen) atoms. The van der Waals surface area contributed by atoms with Crippen LogP contribution in [-0.2, 0) is 12.8 Å². The molecule has 0 fully saturated rings. The minimum absolute atomic E-state index is 0.485. The second-order valence-corrected chi connectivity index (χ2v) is 4.37. The summed E-state index contributed by atoms with van der Waals surface area (Å²) < 4.78 is 1.88. The summed E-state index contributed by atoms with van der Waals surface area (Å²) in [6.07, 6.45) is 3.06. The van der Waals surface area contributed by atoms with Gasteiger partial charge in [-0.25, -0.2) is 9.67 Å². The molecule has 0 bridgehead atoms. The van der Waals surface area contributed by atoms with Gasteiger partial charge in [-0.15, -0.1) is 0 Å². The van der Waals surface area contributed by atoms with Crippen molar-refractivity contribution in [3.63, 3.8) is 0 Å². The Balaban J connectivity index is 2.38. The average molecular weight is 245 g/mol. The summed E-state index contributed by atoms with van der Waals surface area (Å²) in [6, 6.07) is 5.90. The highest BCUT2D eigenvalue weighted by Crippen LogP contribution is 2.15. The molecule has 0 aliphatic heterocycles. The number of rotatable bonds is 4. The Bertz CT molecular complexity index is 514. The fourth-order valence-corrected chi connectivity index (χ4v) is 1.87. The molecule has 1 unspecified atom stereocenters. The lowest BCUT2D eigenvalue weighted by molar-refractivity contribution is 0.199. The van der Waals surface area contributed by atoms with E-state index in [2.05, 4.69) is 30.0 Å². The molecular formula is C14H19N3O. The van der Waals surface area contributed by atoms with Crippen LogP contribution in [0.4, 0.5) is 0 Å². The van der Waals surface area contributed by atoms with Crippen molar-refractivity contribution in [3.05, 3.63) is 41.3 Å². The highest BCUT2D eigenvalue weighted by Gasteiger charge is 2.09. The van der Waals surface area contributed by atoms with Gasteiger partial charge in [-0.1, -0.05) is 19.9 Å². The van der Waals surface area contributed by atoms with Gasteiger partial charge in [0.2, 0.25) is 0 Å². The number of hydrogen-bond acceptors (Lipinski definition) is 3. The Morgan fingerprint density at radius 2 is 2.06 bits per heavy atom. The third kappa shape index (κ3) is 2.43. The van der Waals surface area contributed by atoms with Gasteiger partial charge in [0.15, 0.2) is 5.82 Å². The molecule has 2 aromatic heterocycles. The molecule has 4 nitrogen and oxygen atoms in total. The second-order valence-electron chi connectivity index (χ2n) is 4.37. The lowest BCUT2D eigenvalue weighted by Crippen LogP contribution is -2.04. The van der Waals surface area contributed by atoms with E-state index in [1.165, 1.54) is 0 Å². The van der Waals surface area contributed by atoms with E-state index in [0.717, 1.165) is 35.6 Å². The Kier molecular flexibility index (Phi) is 3.77. The van der Waals surface area contributed by atoms with E-state index in [9.17, 15) is 5.11 Å². The van der Waals surface area contributed by atoms with Crippen molar-refractivity contribution in [2.24, 2.45) is 0 Å². The zero-order valence-electron chi connectivity index (χ0n) is 11.1. The lowest BCUT2D eigenvalue weighted by Gasteiger charge is -2.07. The summed E-state index contributed by atoms with van der Waals surface area (Å²) in [5, 5.41) is 14.0. The summed E-state index contributed by atoms with van der Waals surface area (Å²) in [6.45, 7) is 5.93. The quantitative estimate of drug-likeness (QED) is 0.900. The van der Waals surface area contributed by atoms with Crippen LogP contribution in [0.1, 0.15) is 43.8 Å². The maximum absolute atomic E-state index is 9.47. The largest absolute Gasteiger partial charge is 0.389 e. The number of aryl methyl sites for hydroxylation is 2. The normalized spacial score (nSPS) is 12.7. The number of hydrogen-bond donors (Lipinski definition) is 1. The van der Waals surface area contributed by atoms with Crippen LogP contribution in [0.2, 0.25) is 0 Å². The topological polar surface area (TPSA) is 50.9 Å². The highest BCUT2D eigenvalue weighted by atomic mass is 16.3. The number of nitrogens with zero attached hydrogens (tertiary/aromatic N) is 3. The predicted octanol–water partition coefficient (Wildman–Crippen LogP) is 2.45. The molecular weight excluding hydrogens is 226 g/mol.